The molecule has 102 valence electrons. The fourth-order valence-corrected chi connectivity index (χ4v) is 1.73. The Balaban J connectivity index is 1.91. The number of aryl methyl sites for hydroxylation is 1. The van der Waals surface area contributed by atoms with Crippen molar-refractivity contribution < 1.29 is 9.47 Å². The highest BCUT2D eigenvalue weighted by molar-refractivity contribution is 5.26. The molecule has 0 N–H and O–H groups in total. The van der Waals surface area contributed by atoms with E-state index < -0.39 is 0 Å². The standard InChI is InChI=1S/C16H26O2/c1-3-12-17-13-6-4-5-7-14-18-16-10-8-15(2)9-11-16/h8-11H,3-7,12-14H2,1-2H3. The topological polar surface area (TPSA) is 18.5 Å². The molecule has 0 atom stereocenters. The summed E-state index contributed by atoms with van der Waals surface area (Å²) in [6, 6.07) is 8.24. The van der Waals surface area contributed by atoms with Gasteiger partial charge in [0.15, 0.2) is 0 Å². The van der Waals surface area contributed by atoms with Gasteiger partial charge in [-0.25, -0.2) is 0 Å². The van der Waals surface area contributed by atoms with E-state index in [1.165, 1.54) is 24.8 Å². The van der Waals surface area contributed by atoms with Crippen molar-refractivity contribution in [1.82, 2.24) is 0 Å². The zero-order valence-corrected chi connectivity index (χ0v) is 11.8. The Morgan fingerprint density at radius 1 is 0.833 bits per heavy atom. The molecule has 0 heterocycles. The van der Waals surface area contributed by atoms with Gasteiger partial charge in [0, 0.05) is 13.2 Å². The number of rotatable bonds is 10. The molecule has 18 heavy (non-hydrogen) atoms. The van der Waals surface area contributed by atoms with Crippen LogP contribution in [0.15, 0.2) is 24.3 Å². The molecule has 0 aromatic heterocycles. The minimum absolute atomic E-state index is 0.818. The van der Waals surface area contributed by atoms with Gasteiger partial charge in [-0.2, -0.15) is 0 Å². The van der Waals surface area contributed by atoms with Crippen molar-refractivity contribution in [3.05, 3.63) is 29.8 Å². The number of hydrogen-bond donors (Lipinski definition) is 0. The smallest absolute Gasteiger partial charge is 0.119 e. The van der Waals surface area contributed by atoms with Gasteiger partial charge >= 0.3 is 0 Å². The summed E-state index contributed by atoms with van der Waals surface area (Å²) in [5, 5.41) is 0. The average Bonchev–Trinajstić information content (AvgIpc) is 2.39. The minimum Gasteiger partial charge on any atom is -0.494 e. The van der Waals surface area contributed by atoms with Crippen molar-refractivity contribution >= 4 is 0 Å². The second-order valence-corrected chi connectivity index (χ2v) is 4.69. The van der Waals surface area contributed by atoms with Crippen LogP contribution in [0.4, 0.5) is 0 Å². The van der Waals surface area contributed by atoms with E-state index in [-0.39, 0.29) is 0 Å². The molecule has 0 spiro atoms. The summed E-state index contributed by atoms with van der Waals surface area (Å²) in [5.41, 5.74) is 1.27. The van der Waals surface area contributed by atoms with Crippen LogP contribution in [0.2, 0.25) is 0 Å². The van der Waals surface area contributed by atoms with Crippen LogP contribution in [0.25, 0.3) is 0 Å². The summed E-state index contributed by atoms with van der Waals surface area (Å²) in [7, 11) is 0. The lowest BCUT2D eigenvalue weighted by molar-refractivity contribution is 0.130. The molecule has 0 aliphatic rings. The molecule has 2 heteroatoms. The maximum atomic E-state index is 5.67. The van der Waals surface area contributed by atoms with Crippen molar-refractivity contribution in [2.24, 2.45) is 0 Å². The zero-order chi connectivity index (χ0) is 13.1. The van der Waals surface area contributed by atoms with E-state index in [1.807, 2.05) is 12.1 Å². The molecule has 1 rings (SSSR count). The van der Waals surface area contributed by atoms with E-state index >= 15 is 0 Å². The maximum Gasteiger partial charge on any atom is 0.119 e. The SMILES string of the molecule is CCCOCCCCCCOc1ccc(C)cc1. The molecular formula is C16H26O2. The summed E-state index contributed by atoms with van der Waals surface area (Å²) in [6.45, 7) is 6.86. The lowest BCUT2D eigenvalue weighted by Crippen LogP contribution is -1.99. The monoisotopic (exact) mass is 250 g/mol. The predicted octanol–water partition coefficient (Wildman–Crippen LogP) is 4.36. The van der Waals surface area contributed by atoms with Crippen LogP contribution in [0.1, 0.15) is 44.6 Å². The van der Waals surface area contributed by atoms with Gasteiger partial charge in [0.1, 0.15) is 5.75 Å². The zero-order valence-electron chi connectivity index (χ0n) is 11.8. The second kappa shape index (κ2) is 9.95. The third-order valence-electron chi connectivity index (χ3n) is 2.82. The minimum atomic E-state index is 0.818. The van der Waals surface area contributed by atoms with Crippen molar-refractivity contribution in [3.8, 4) is 5.75 Å². The van der Waals surface area contributed by atoms with Gasteiger partial charge in [0.05, 0.1) is 6.61 Å². The first-order valence-electron chi connectivity index (χ1n) is 7.10. The quantitative estimate of drug-likeness (QED) is 0.574. The fraction of sp³-hybridized carbons (Fsp3) is 0.625. The van der Waals surface area contributed by atoms with Crippen LogP contribution in [-0.4, -0.2) is 19.8 Å². The molecule has 0 radical (unpaired) electrons. The maximum absolute atomic E-state index is 5.67. The second-order valence-electron chi connectivity index (χ2n) is 4.69. The van der Waals surface area contributed by atoms with Crippen LogP contribution in [-0.2, 0) is 4.74 Å². The summed E-state index contributed by atoms with van der Waals surface area (Å²) in [4.78, 5) is 0. The van der Waals surface area contributed by atoms with Crippen LogP contribution in [0.3, 0.4) is 0 Å². The normalized spacial score (nSPS) is 10.6. The van der Waals surface area contributed by atoms with Crippen molar-refractivity contribution in [3.63, 3.8) is 0 Å². The summed E-state index contributed by atoms with van der Waals surface area (Å²) in [6.07, 6.45) is 5.87. The first-order chi connectivity index (χ1) is 8.83. The first-order valence-corrected chi connectivity index (χ1v) is 7.10. The Bertz CT molecular complexity index is 292. The third kappa shape index (κ3) is 7.33. The highest BCUT2D eigenvalue weighted by Gasteiger charge is 1.94. The van der Waals surface area contributed by atoms with E-state index in [0.717, 1.165) is 38.4 Å². The van der Waals surface area contributed by atoms with E-state index in [0.29, 0.717) is 0 Å². The summed E-state index contributed by atoms with van der Waals surface area (Å²) < 4.78 is 11.1. The Morgan fingerprint density at radius 3 is 2.17 bits per heavy atom. The van der Waals surface area contributed by atoms with Crippen molar-refractivity contribution in [2.45, 2.75) is 46.0 Å². The van der Waals surface area contributed by atoms with E-state index in [9.17, 15) is 0 Å². The Hall–Kier alpha value is -1.02. The Labute approximate surface area is 111 Å². The molecule has 1 aromatic rings. The molecule has 0 saturated heterocycles. The molecule has 0 aliphatic carbocycles. The highest BCUT2D eigenvalue weighted by atomic mass is 16.5. The molecule has 0 unspecified atom stereocenters. The van der Waals surface area contributed by atoms with Crippen LogP contribution >= 0.6 is 0 Å². The Morgan fingerprint density at radius 2 is 1.50 bits per heavy atom. The van der Waals surface area contributed by atoms with E-state index in [2.05, 4.69) is 26.0 Å². The predicted molar refractivity (Wildman–Crippen MR) is 76.3 cm³/mol. The molecule has 2 nitrogen and oxygen atoms in total. The molecule has 0 bridgehead atoms. The summed E-state index contributed by atoms with van der Waals surface area (Å²) >= 11 is 0. The molecule has 0 saturated carbocycles. The number of benzene rings is 1. The van der Waals surface area contributed by atoms with Gasteiger partial charge in [-0.15, -0.1) is 0 Å². The fourth-order valence-electron chi connectivity index (χ4n) is 1.73. The van der Waals surface area contributed by atoms with Crippen LogP contribution in [0, 0.1) is 6.92 Å². The largest absolute Gasteiger partial charge is 0.494 e. The lowest BCUT2D eigenvalue weighted by Gasteiger charge is -2.06. The van der Waals surface area contributed by atoms with Gasteiger partial charge in [-0.3, -0.25) is 0 Å². The number of unbranched alkanes of at least 4 members (excludes halogenated alkanes) is 3. The van der Waals surface area contributed by atoms with E-state index in [1.54, 1.807) is 0 Å². The van der Waals surface area contributed by atoms with Crippen molar-refractivity contribution in [2.75, 3.05) is 19.8 Å². The van der Waals surface area contributed by atoms with Gasteiger partial charge < -0.3 is 9.47 Å². The van der Waals surface area contributed by atoms with Crippen molar-refractivity contribution in [1.29, 1.82) is 0 Å². The first kappa shape index (κ1) is 15.0. The van der Waals surface area contributed by atoms with Gasteiger partial charge in [0.25, 0.3) is 0 Å². The number of ether oxygens (including phenoxy) is 2. The number of hydrogen-bond acceptors (Lipinski definition) is 2. The van der Waals surface area contributed by atoms with Crippen LogP contribution in [0.5, 0.6) is 5.75 Å². The van der Waals surface area contributed by atoms with Gasteiger partial charge in [-0.1, -0.05) is 31.0 Å². The Kier molecular flexibility index (Phi) is 8.32. The van der Waals surface area contributed by atoms with Gasteiger partial charge in [-0.05, 0) is 44.7 Å². The molecule has 0 fully saturated rings. The highest BCUT2D eigenvalue weighted by Crippen LogP contribution is 2.12. The summed E-state index contributed by atoms with van der Waals surface area (Å²) in [5.74, 6) is 0.979. The molecule has 1 aromatic carbocycles. The third-order valence-corrected chi connectivity index (χ3v) is 2.82. The van der Waals surface area contributed by atoms with Gasteiger partial charge in [0.2, 0.25) is 0 Å². The lowest BCUT2D eigenvalue weighted by atomic mass is 10.2. The average molecular weight is 250 g/mol. The van der Waals surface area contributed by atoms with Crippen LogP contribution < -0.4 is 4.74 Å². The molecule has 0 amide bonds. The molecule has 0 aliphatic heterocycles. The molecular weight excluding hydrogens is 224 g/mol. The van der Waals surface area contributed by atoms with E-state index in [4.69, 9.17) is 9.47 Å².